The van der Waals surface area contributed by atoms with Gasteiger partial charge in [0, 0.05) is 17.5 Å². The zero-order chi connectivity index (χ0) is 16.2. The summed E-state index contributed by atoms with van der Waals surface area (Å²) in [4.78, 5) is 5.56. The maximum absolute atomic E-state index is 13.1. The average molecular weight is 328 g/mol. The molecule has 3 rings (SSSR count). The first-order valence-corrected chi connectivity index (χ1v) is 8.09. The molecule has 2 aromatic carbocycles. The molecule has 3 nitrogen and oxygen atoms in total. The monoisotopic (exact) mass is 328 g/mol. The van der Waals surface area contributed by atoms with Crippen LogP contribution in [0.15, 0.2) is 48.7 Å². The van der Waals surface area contributed by atoms with Crippen LogP contribution in [-0.2, 0) is 13.0 Å². The van der Waals surface area contributed by atoms with E-state index in [0.717, 1.165) is 22.6 Å². The lowest BCUT2D eigenvalue weighted by atomic mass is 10.1. The fraction of sp³-hybridized carbons (Fsp3) is 0.167. The van der Waals surface area contributed by atoms with Gasteiger partial charge in [-0.2, -0.15) is 0 Å². The highest BCUT2D eigenvalue weighted by atomic mass is 32.1. The molecule has 0 aliphatic rings. The zero-order valence-electron chi connectivity index (χ0n) is 12.8. The van der Waals surface area contributed by atoms with Crippen molar-refractivity contribution < 1.29 is 9.13 Å². The van der Waals surface area contributed by atoms with E-state index in [-0.39, 0.29) is 12.4 Å². The molecule has 0 saturated heterocycles. The summed E-state index contributed by atoms with van der Waals surface area (Å²) in [6.07, 6.45) is 2.63. The van der Waals surface area contributed by atoms with Gasteiger partial charge in [-0.1, -0.05) is 18.2 Å². The maximum atomic E-state index is 13.1. The third-order valence-electron chi connectivity index (χ3n) is 3.38. The van der Waals surface area contributed by atoms with Crippen molar-refractivity contribution in [2.24, 2.45) is 0 Å². The topological polar surface area (TPSA) is 48.1 Å². The van der Waals surface area contributed by atoms with Crippen LogP contribution in [0.5, 0.6) is 5.75 Å². The average Bonchev–Trinajstić information content (AvgIpc) is 2.92. The number of halogens is 1. The first-order valence-electron chi connectivity index (χ1n) is 7.27. The molecule has 0 atom stereocenters. The quantitative estimate of drug-likeness (QED) is 0.709. The van der Waals surface area contributed by atoms with Crippen molar-refractivity contribution in [1.82, 2.24) is 4.98 Å². The van der Waals surface area contributed by atoms with E-state index in [1.54, 1.807) is 17.4 Å². The molecular weight excluding hydrogens is 311 g/mol. The lowest BCUT2D eigenvalue weighted by Gasteiger charge is -2.10. The fourth-order valence-corrected chi connectivity index (χ4v) is 3.11. The molecule has 0 aliphatic heterocycles. The van der Waals surface area contributed by atoms with Gasteiger partial charge in [-0.25, -0.2) is 9.37 Å². The number of thiazole rings is 1. The van der Waals surface area contributed by atoms with Crippen molar-refractivity contribution in [2.45, 2.75) is 20.0 Å². The van der Waals surface area contributed by atoms with Crippen LogP contribution in [0, 0.1) is 12.7 Å². The van der Waals surface area contributed by atoms with E-state index < -0.39 is 0 Å². The molecule has 0 radical (unpaired) electrons. The van der Waals surface area contributed by atoms with Gasteiger partial charge in [0.05, 0.1) is 10.7 Å². The highest BCUT2D eigenvalue weighted by Crippen LogP contribution is 2.25. The van der Waals surface area contributed by atoms with Gasteiger partial charge in [0.2, 0.25) is 0 Å². The van der Waals surface area contributed by atoms with E-state index in [1.165, 1.54) is 17.0 Å². The van der Waals surface area contributed by atoms with Crippen molar-refractivity contribution in [3.8, 4) is 5.75 Å². The van der Waals surface area contributed by atoms with Crippen molar-refractivity contribution in [3.05, 3.63) is 75.5 Å². The van der Waals surface area contributed by atoms with E-state index in [0.29, 0.717) is 11.4 Å². The second-order valence-electron chi connectivity index (χ2n) is 5.33. The number of nitrogens with two attached hydrogens (primary N) is 1. The first kappa shape index (κ1) is 15.5. The van der Waals surface area contributed by atoms with Crippen molar-refractivity contribution in [1.29, 1.82) is 0 Å². The molecule has 2 N–H and O–H groups in total. The van der Waals surface area contributed by atoms with Crippen LogP contribution in [0.3, 0.4) is 0 Å². The second kappa shape index (κ2) is 6.79. The normalized spacial score (nSPS) is 10.7. The van der Waals surface area contributed by atoms with E-state index in [2.05, 4.69) is 4.98 Å². The number of rotatable bonds is 5. The van der Waals surface area contributed by atoms with Crippen LogP contribution in [0.2, 0.25) is 0 Å². The highest BCUT2D eigenvalue weighted by Gasteiger charge is 2.06. The summed E-state index contributed by atoms with van der Waals surface area (Å²) in [7, 11) is 0. The Labute approximate surface area is 138 Å². The van der Waals surface area contributed by atoms with Gasteiger partial charge in [0.1, 0.15) is 18.2 Å². The van der Waals surface area contributed by atoms with Crippen LogP contribution in [0.25, 0.3) is 0 Å². The molecule has 23 heavy (non-hydrogen) atoms. The van der Waals surface area contributed by atoms with Crippen molar-refractivity contribution >= 4 is 17.0 Å². The van der Waals surface area contributed by atoms with E-state index in [4.69, 9.17) is 10.5 Å². The Kier molecular flexibility index (Phi) is 4.57. The van der Waals surface area contributed by atoms with Crippen LogP contribution >= 0.6 is 11.3 Å². The van der Waals surface area contributed by atoms with Crippen LogP contribution in [0.1, 0.15) is 21.0 Å². The van der Waals surface area contributed by atoms with Crippen LogP contribution in [-0.4, -0.2) is 4.98 Å². The van der Waals surface area contributed by atoms with Gasteiger partial charge >= 0.3 is 0 Å². The Morgan fingerprint density at radius 2 is 2.04 bits per heavy atom. The summed E-state index contributed by atoms with van der Waals surface area (Å²) in [6.45, 7) is 2.33. The van der Waals surface area contributed by atoms with Gasteiger partial charge in [-0.15, -0.1) is 11.3 Å². The summed E-state index contributed by atoms with van der Waals surface area (Å²) in [5, 5.41) is 1.07. The first-order chi connectivity index (χ1) is 11.1. The summed E-state index contributed by atoms with van der Waals surface area (Å²) >= 11 is 1.68. The Bertz CT molecular complexity index is 816. The lowest BCUT2D eigenvalue weighted by Crippen LogP contribution is -2.00. The predicted octanol–water partition coefficient (Wildman–Crippen LogP) is 4.34. The molecular formula is C18H17FN2OS. The number of nitrogens with zero attached hydrogens (tertiary/aromatic N) is 1. The molecule has 0 fully saturated rings. The third-order valence-corrected chi connectivity index (χ3v) is 4.29. The van der Waals surface area contributed by atoms with E-state index in [1.807, 2.05) is 37.4 Å². The SMILES string of the molecule is Cc1cnc(Cc2ccc(OCc3cccc(F)c3)c(N)c2)s1. The van der Waals surface area contributed by atoms with Gasteiger partial charge in [-0.05, 0) is 42.3 Å². The molecule has 0 aliphatic carbocycles. The van der Waals surface area contributed by atoms with Crippen molar-refractivity contribution in [2.75, 3.05) is 5.73 Å². The number of aromatic nitrogens is 1. The number of nitrogen functional groups attached to an aromatic ring is 1. The maximum Gasteiger partial charge on any atom is 0.142 e. The van der Waals surface area contributed by atoms with E-state index >= 15 is 0 Å². The smallest absolute Gasteiger partial charge is 0.142 e. The number of anilines is 1. The second-order valence-corrected chi connectivity index (χ2v) is 6.65. The molecule has 0 saturated carbocycles. The number of ether oxygens (including phenoxy) is 1. The molecule has 1 heterocycles. The molecule has 0 unspecified atom stereocenters. The van der Waals surface area contributed by atoms with Gasteiger partial charge in [0.15, 0.2) is 0 Å². The lowest BCUT2D eigenvalue weighted by molar-refractivity contribution is 0.307. The summed E-state index contributed by atoms with van der Waals surface area (Å²) < 4.78 is 18.8. The molecule has 118 valence electrons. The number of benzene rings is 2. The third kappa shape index (κ3) is 4.07. The van der Waals surface area contributed by atoms with Crippen LogP contribution in [0.4, 0.5) is 10.1 Å². The summed E-state index contributed by atoms with van der Waals surface area (Å²) in [5.41, 5.74) is 8.50. The Balaban J connectivity index is 1.67. The predicted molar refractivity (Wildman–Crippen MR) is 91.2 cm³/mol. The molecule has 0 spiro atoms. The summed E-state index contributed by atoms with van der Waals surface area (Å²) in [5.74, 6) is 0.335. The minimum absolute atomic E-state index is 0.270. The fourth-order valence-electron chi connectivity index (χ4n) is 2.28. The minimum atomic E-state index is -0.270. The highest BCUT2D eigenvalue weighted by molar-refractivity contribution is 7.11. The molecule has 5 heteroatoms. The van der Waals surface area contributed by atoms with Gasteiger partial charge in [-0.3, -0.25) is 0 Å². The Hall–Kier alpha value is -2.40. The molecule has 3 aromatic rings. The standard InChI is InChI=1S/C18H17FN2OS/c1-12-10-21-18(23-12)9-13-5-6-17(16(20)8-13)22-11-14-3-2-4-15(19)7-14/h2-8,10H,9,11,20H2,1H3. The Morgan fingerprint density at radius 1 is 1.17 bits per heavy atom. The summed E-state index contributed by atoms with van der Waals surface area (Å²) in [6, 6.07) is 12.1. The molecule has 0 amide bonds. The largest absolute Gasteiger partial charge is 0.487 e. The minimum Gasteiger partial charge on any atom is -0.487 e. The van der Waals surface area contributed by atoms with Gasteiger partial charge in [0.25, 0.3) is 0 Å². The van der Waals surface area contributed by atoms with Crippen molar-refractivity contribution in [3.63, 3.8) is 0 Å². The number of aryl methyl sites for hydroxylation is 1. The number of hydrogen-bond donors (Lipinski definition) is 1. The van der Waals surface area contributed by atoms with Gasteiger partial charge < -0.3 is 10.5 Å². The Morgan fingerprint density at radius 3 is 2.74 bits per heavy atom. The number of hydrogen-bond acceptors (Lipinski definition) is 4. The molecule has 1 aromatic heterocycles. The van der Waals surface area contributed by atoms with E-state index in [9.17, 15) is 4.39 Å². The molecule has 0 bridgehead atoms. The zero-order valence-corrected chi connectivity index (χ0v) is 13.6. The van der Waals surface area contributed by atoms with Crippen LogP contribution < -0.4 is 10.5 Å².